The molecular weight excluding hydrogens is 368 g/mol. The van der Waals surface area contributed by atoms with Crippen LogP contribution >= 0.6 is 15.9 Å². The SMILES string of the molecule is CCOc1ccc(CN/C=C2\CN=Cc3ccc(Br)cc32)cc1O. The van der Waals surface area contributed by atoms with Crippen molar-refractivity contribution >= 4 is 27.7 Å². The van der Waals surface area contributed by atoms with E-state index in [1.165, 1.54) is 5.56 Å². The Kier molecular flexibility index (Phi) is 5.20. The van der Waals surface area contributed by atoms with E-state index in [4.69, 9.17) is 4.74 Å². The van der Waals surface area contributed by atoms with Crippen molar-refractivity contribution < 1.29 is 9.84 Å². The molecule has 1 heterocycles. The van der Waals surface area contributed by atoms with Crippen LogP contribution in [0.15, 0.2) is 52.1 Å². The fraction of sp³-hybridized carbons (Fsp3) is 0.211. The zero-order valence-electron chi connectivity index (χ0n) is 13.4. The van der Waals surface area contributed by atoms with Crippen molar-refractivity contribution in [3.8, 4) is 11.5 Å². The minimum Gasteiger partial charge on any atom is -0.504 e. The minimum absolute atomic E-state index is 0.167. The standard InChI is InChI=1S/C19H19BrN2O2/c1-2-24-19-6-3-13(7-18(19)23)9-21-11-15-12-22-10-14-4-5-16(20)8-17(14)15/h3-8,10-11,21,23H,2,9,12H2,1H3/b15-11+. The Morgan fingerprint density at radius 2 is 2.17 bits per heavy atom. The number of aromatic hydroxyl groups is 1. The third-order valence-electron chi connectivity index (χ3n) is 3.76. The number of halogens is 1. The molecule has 1 aliphatic heterocycles. The second-order valence-electron chi connectivity index (χ2n) is 5.49. The van der Waals surface area contributed by atoms with Gasteiger partial charge in [0.1, 0.15) is 0 Å². The second kappa shape index (κ2) is 7.53. The van der Waals surface area contributed by atoms with Gasteiger partial charge in [0, 0.05) is 23.4 Å². The van der Waals surface area contributed by atoms with Gasteiger partial charge in [-0.25, -0.2) is 0 Å². The van der Waals surface area contributed by atoms with E-state index in [0.717, 1.165) is 21.2 Å². The smallest absolute Gasteiger partial charge is 0.160 e. The first kappa shape index (κ1) is 16.6. The predicted molar refractivity (Wildman–Crippen MR) is 101 cm³/mol. The fourth-order valence-electron chi connectivity index (χ4n) is 2.61. The molecule has 0 atom stereocenters. The molecular formula is C19H19BrN2O2. The van der Waals surface area contributed by atoms with Crippen LogP contribution in [0.2, 0.25) is 0 Å². The second-order valence-corrected chi connectivity index (χ2v) is 6.40. The maximum Gasteiger partial charge on any atom is 0.160 e. The van der Waals surface area contributed by atoms with Gasteiger partial charge in [-0.2, -0.15) is 0 Å². The maximum absolute atomic E-state index is 9.94. The average molecular weight is 387 g/mol. The maximum atomic E-state index is 9.94. The van der Waals surface area contributed by atoms with Gasteiger partial charge in [-0.05, 0) is 53.5 Å². The van der Waals surface area contributed by atoms with Gasteiger partial charge >= 0.3 is 0 Å². The van der Waals surface area contributed by atoms with Gasteiger partial charge in [-0.15, -0.1) is 0 Å². The summed E-state index contributed by atoms with van der Waals surface area (Å²) in [6.45, 7) is 3.71. The molecule has 2 N–H and O–H groups in total. The zero-order chi connectivity index (χ0) is 16.9. The molecule has 2 aromatic carbocycles. The van der Waals surface area contributed by atoms with Gasteiger partial charge in [0.2, 0.25) is 0 Å². The highest BCUT2D eigenvalue weighted by Gasteiger charge is 2.11. The van der Waals surface area contributed by atoms with E-state index in [9.17, 15) is 5.11 Å². The summed E-state index contributed by atoms with van der Waals surface area (Å²) in [5, 5.41) is 13.2. The lowest BCUT2D eigenvalue weighted by atomic mass is 9.99. The quantitative estimate of drug-likeness (QED) is 0.812. The van der Waals surface area contributed by atoms with Crippen LogP contribution < -0.4 is 10.1 Å². The molecule has 0 aromatic heterocycles. The molecule has 0 amide bonds. The molecule has 0 aliphatic carbocycles. The number of fused-ring (bicyclic) bond motifs is 1. The number of phenols is 1. The molecule has 124 valence electrons. The number of nitrogens with one attached hydrogen (secondary N) is 1. The number of phenolic OH excluding ortho intramolecular Hbond substituents is 1. The van der Waals surface area contributed by atoms with Crippen molar-refractivity contribution in [2.24, 2.45) is 4.99 Å². The summed E-state index contributed by atoms with van der Waals surface area (Å²) in [6.07, 6.45) is 3.90. The number of ether oxygens (including phenoxy) is 1. The van der Waals surface area contributed by atoms with E-state index >= 15 is 0 Å². The van der Waals surface area contributed by atoms with Crippen LogP contribution in [-0.2, 0) is 6.54 Å². The Morgan fingerprint density at radius 3 is 2.96 bits per heavy atom. The Morgan fingerprint density at radius 1 is 1.29 bits per heavy atom. The molecule has 0 spiro atoms. The molecule has 0 unspecified atom stereocenters. The summed E-state index contributed by atoms with van der Waals surface area (Å²) in [5.74, 6) is 0.681. The summed E-state index contributed by atoms with van der Waals surface area (Å²) < 4.78 is 6.39. The summed E-state index contributed by atoms with van der Waals surface area (Å²) in [5.41, 5.74) is 4.43. The number of aliphatic imine (C=N–C) groups is 1. The highest BCUT2D eigenvalue weighted by Crippen LogP contribution is 2.27. The molecule has 4 nitrogen and oxygen atoms in total. The van der Waals surface area contributed by atoms with Crippen LogP contribution in [0, 0.1) is 0 Å². The Balaban J connectivity index is 1.70. The van der Waals surface area contributed by atoms with Crippen LogP contribution in [0.25, 0.3) is 5.57 Å². The lowest BCUT2D eigenvalue weighted by Crippen LogP contribution is -2.09. The van der Waals surface area contributed by atoms with Gasteiger partial charge in [0.25, 0.3) is 0 Å². The van der Waals surface area contributed by atoms with Crippen LogP contribution in [-0.4, -0.2) is 24.5 Å². The predicted octanol–water partition coefficient (Wildman–Crippen LogP) is 4.12. The first-order valence-corrected chi connectivity index (χ1v) is 8.63. The summed E-state index contributed by atoms with van der Waals surface area (Å²) >= 11 is 3.52. The van der Waals surface area contributed by atoms with Gasteiger partial charge in [-0.3, -0.25) is 4.99 Å². The summed E-state index contributed by atoms with van der Waals surface area (Å²) in [4.78, 5) is 4.40. The van der Waals surface area contributed by atoms with Crippen molar-refractivity contribution in [1.29, 1.82) is 0 Å². The number of hydrogen-bond donors (Lipinski definition) is 2. The first-order valence-electron chi connectivity index (χ1n) is 7.84. The number of hydrogen-bond acceptors (Lipinski definition) is 4. The number of benzene rings is 2. The highest BCUT2D eigenvalue weighted by molar-refractivity contribution is 9.10. The topological polar surface area (TPSA) is 53.8 Å². The molecule has 5 heteroatoms. The van der Waals surface area contributed by atoms with Gasteiger partial charge in [-0.1, -0.05) is 28.1 Å². The van der Waals surface area contributed by atoms with E-state index in [1.54, 1.807) is 12.1 Å². The Hall–Kier alpha value is -2.27. The van der Waals surface area contributed by atoms with Gasteiger partial charge < -0.3 is 15.2 Å². The molecule has 0 fully saturated rings. The van der Waals surface area contributed by atoms with Crippen molar-refractivity contribution in [1.82, 2.24) is 5.32 Å². The average Bonchev–Trinajstić information content (AvgIpc) is 2.58. The number of nitrogens with zero attached hydrogens (tertiary/aromatic N) is 1. The first-order chi connectivity index (χ1) is 11.7. The van der Waals surface area contributed by atoms with E-state index in [-0.39, 0.29) is 5.75 Å². The van der Waals surface area contributed by atoms with Crippen molar-refractivity contribution in [2.75, 3.05) is 13.2 Å². The fourth-order valence-corrected chi connectivity index (χ4v) is 2.97. The van der Waals surface area contributed by atoms with E-state index in [0.29, 0.717) is 25.4 Å². The van der Waals surface area contributed by atoms with Crippen LogP contribution in [0.5, 0.6) is 11.5 Å². The monoisotopic (exact) mass is 386 g/mol. The zero-order valence-corrected chi connectivity index (χ0v) is 15.0. The molecule has 1 aliphatic rings. The lowest BCUT2D eigenvalue weighted by Gasteiger charge is -2.15. The lowest BCUT2D eigenvalue weighted by molar-refractivity contribution is 0.318. The third-order valence-corrected chi connectivity index (χ3v) is 4.25. The normalized spacial score (nSPS) is 14.5. The van der Waals surface area contributed by atoms with Crippen LogP contribution in [0.1, 0.15) is 23.6 Å². The van der Waals surface area contributed by atoms with Crippen molar-refractivity contribution in [3.05, 3.63) is 63.8 Å². The molecule has 24 heavy (non-hydrogen) atoms. The molecule has 3 rings (SSSR count). The van der Waals surface area contributed by atoms with Crippen molar-refractivity contribution in [2.45, 2.75) is 13.5 Å². The third kappa shape index (κ3) is 3.79. The Labute approximate surface area is 150 Å². The largest absolute Gasteiger partial charge is 0.504 e. The van der Waals surface area contributed by atoms with E-state index in [1.807, 2.05) is 31.5 Å². The highest BCUT2D eigenvalue weighted by atomic mass is 79.9. The molecule has 0 bridgehead atoms. The van der Waals surface area contributed by atoms with Crippen LogP contribution in [0.4, 0.5) is 0 Å². The Bertz CT molecular complexity index is 800. The summed E-state index contributed by atoms with van der Waals surface area (Å²) in [6, 6.07) is 11.6. The molecule has 0 saturated carbocycles. The van der Waals surface area contributed by atoms with Gasteiger partial charge in [0.05, 0.1) is 13.2 Å². The van der Waals surface area contributed by atoms with Crippen molar-refractivity contribution in [3.63, 3.8) is 0 Å². The minimum atomic E-state index is 0.167. The molecule has 0 saturated heterocycles. The molecule has 0 radical (unpaired) electrons. The van der Waals surface area contributed by atoms with E-state index in [2.05, 4.69) is 38.4 Å². The number of rotatable bonds is 5. The van der Waals surface area contributed by atoms with Gasteiger partial charge in [0.15, 0.2) is 11.5 Å². The summed E-state index contributed by atoms with van der Waals surface area (Å²) in [7, 11) is 0. The molecule has 2 aromatic rings. The van der Waals surface area contributed by atoms with E-state index < -0.39 is 0 Å². The van der Waals surface area contributed by atoms with Crippen LogP contribution in [0.3, 0.4) is 0 Å².